The van der Waals surface area contributed by atoms with Gasteiger partial charge in [0.05, 0.1) is 5.02 Å². The third kappa shape index (κ3) is 4.67. The van der Waals surface area contributed by atoms with Gasteiger partial charge < -0.3 is 9.64 Å². The number of amides is 1. The fourth-order valence-electron chi connectivity index (χ4n) is 2.56. The largest absolute Gasteiger partial charge is 0.444 e. The normalized spacial score (nSPS) is 16.3. The summed E-state index contributed by atoms with van der Waals surface area (Å²) in [6.07, 6.45) is 0.737. The lowest BCUT2D eigenvalue weighted by molar-refractivity contribution is 0.0182. The molecule has 1 saturated heterocycles. The van der Waals surface area contributed by atoms with Crippen molar-refractivity contribution in [2.45, 2.75) is 39.2 Å². The molecule has 1 fully saturated rings. The minimum Gasteiger partial charge on any atom is -0.444 e. The lowest BCUT2D eigenvalue weighted by atomic mass is 9.89. The highest BCUT2D eigenvalue weighted by atomic mass is 35.5. The predicted molar refractivity (Wildman–Crippen MR) is 86.3 cm³/mol. The van der Waals surface area contributed by atoms with Gasteiger partial charge in [0, 0.05) is 24.6 Å². The second-order valence-electron chi connectivity index (χ2n) is 6.73. The van der Waals surface area contributed by atoms with Crippen molar-refractivity contribution >= 4 is 23.5 Å². The van der Waals surface area contributed by atoms with E-state index in [0.717, 1.165) is 6.07 Å². The van der Waals surface area contributed by atoms with Gasteiger partial charge in [0.15, 0.2) is 5.78 Å². The summed E-state index contributed by atoms with van der Waals surface area (Å²) in [6, 6.07) is 3.79. The summed E-state index contributed by atoms with van der Waals surface area (Å²) in [4.78, 5) is 26.1. The molecule has 1 heterocycles. The highest BCUT2D eigenvalue weighted by Gasteiger charge is 2.31. The first-order valence-corrected chi connectivity index (χ1v) is 8.02. The fourth-order valence-corrected chi connectivity index (χ4v) is 2.82. The van der Waals surface area contributed by atoms with Gasteiger partial charge in [-0.15, -0.1) is 0 Å². The van der Waals surface area contributed by atoms with Crippen LogP contribution in [0, 0.1) is 11.7 Å². The zero-order valence-corrected chi connectivity index (χ0v) is 14.3. The SMILES string of the molecule is CC(C)(C)OC(=O)N1CCC(C(=O)c2ccc(F)cc2Cl)CC1. The van der Waals surface area contributed by atoms with Gasteiger partial charge in [0.2, 0.25) is 0 Å². The van der Waals surface area contributed by atoms with E-state index in [2.05, 4.69) is 0 Å². The number of carbonyl (C=O) groups excluding carboxylic acids is 2. The van der Waals surface area contributed by atoms with Crippen LogP contribution in [0.3, 0.4) is 0 Å². The average Bonchev–Trinajstić information content (AvgIpc) is 2.45. The van der Waals surface area contributed by atoms with Gasteiger partial charge in [0.25, 0.3) is 0 Å². The molecule has 1 aromatic carbocycles. The summed E-state index contributed by atoms with van der Waals surface area (Å²) in [5.41, 5.74) is -0.199. The standard InChI is InChI=1S/C17H21ClFNO3/c1-17(2,3)23-16(22)20-8-6-11(7-9-20)15(21)13-5-4-12(19)10-14(13)18/h4-5,10-11H,6-9H2,1-3H3. The molecule has 126 valence electrons. The van der Waals surface area contributed by atoms with Gasteiger partial charge in [-0.05, 0) is 51.8 Å². The van der Waals surface area contributed by atoms with Gasteiger partial charge in [0.1, 0.15) is 11.4 Å². The van der Waals surface area contributed by atoms with Gasteiger partial charge in [-0.1, -0.05) is 11.6 Å². The molecule has 0 aliphatic carbocycles. The fraction of sp³-hybridized carbons (Fsp3) is 0.529. The van der Waals surface area contributed by atoms with Crippen LogP contribution in [0.4, 0.5) is 9.18 Å². The number of ketones is 1. The maximum atomic E-state index is 13.1. The van der Waals surface area contributed by atoms with Crippen LogP contribution in [0.15, 0.2) is 18.2 Å². The number of ether oxygens (including phenoxy) is 1. The second kappa shape index (κ2) is 6.87. The number of hydrogen-bond acceptors (Lipinski definition) is 3. The number of likely N-dealkylation sites (tertiary alicyclic amines) is 1. The number of halogens is 2. The highest BCUT2D eigenvalue weighted by molar-refractivity contribution is 6.34. The Bertz CT molecular complexity index is 604. The molecule has 1 amide bonds. The van der Waals surface area contributed by atoms with Crippen molar-refractivity contribution in [3.63, 3.8) is 0 Å². The van der Waals surface area contributed by atoms with E-state index in [1.807, 2.05) is 20.8 Å². The van der Waals surface area contributed by atoms with Crippen LogP contribution in [0.25, 0.3) is 0 Å². The summed E-state index contributed by atoms with van der Waals surface area (Å²) in [5.74, 6) is -0.776. The summed E-state index contributed by atoms with van der Waals surface area (Å²) in [7, 11) is 0. The van der Waals surface area contributed by atoms with Crippen molar-refractivity contribution in [3.05, 3.63) is 34.6 Å². The number of piperidine rings is 1. The van der Waals surface area contributed by atoms with E-state index in [1.54, 1.807) is 4.90 Å². The lowest BCUT2D eigenvalue weighted by Crippen LogP contribution is -2.43. The number of Topliss-reactive ketones (excluding diaryl/α,β-unsaturated/α-hetero) is 1. The van der Waals surface area contributed by atoms with E-state index >= 15 is 0 Å². The molecular weight excluding hydrogens is 321 g/mol. The molecule has 4 nitrogen and oxygen atoms in total. The molecule has 0 bridgehead atoms. The molecule has 0 N–H and O–H groups in total. The van der Waals surface area contributed by atoms with Crippen LogP contribution in [-0.4, -0.2) is 35.5 Å². The first kappa shape index (κ1) is 17.7. The van der Waals surface area contributed by atoms with Crippen LogP contribution in [0.5, 0.6) is 0 Å². The van der Waals surface area contributed by atoms with Gasteiger partial charge >= 0.3 is 6.09 Å². The lowest BCUT2D eigenvalue weighted by Gasteiger charge is -2.33. The van der Waals surface area contributed by atoms with Crippen LogP contribution in [0.1, 0.15) is 44.0 Å². The first-order chi connectivity index (χ1) is 10.7. The van der Waals surface area contributed by atoms with Crippen molar-refractivity contribution in [3.8, 4) is 0 Å². The Kier molecular flexibility index (Phi) is 5.30. The first-order valence-electron chi connectivity index (χ1n) is 7.64. The van der Waals surface area contributed by atoms with Crippen molar-refractivity contribution < 1.29 is 18.7 Å². The third-order valence-corrected chi connectivity index (χ3v) is 4.03. The second-order valence-corrected chi connectivity index (χ2v) is 7.14. The molecule has 0 spiro atoms. The summed E-state index contributed by atoms with van der Waals surface area (Å²) in [6.45, 7) is 6.38. The Hall–Kier alpha value is -1.62. The molecular formula is C17H21ClFNO3. The maximum absolute atomic E-state index is 13.1. The van der Waals surface area contributed by atoms with E-state index in [0.29, 0.717) is 31.5 Å². The van der Waals surface area contributed by atoms with Crippen molar-refractivity contribution in [1.82, 2.24) is 4.90 Å². The molecule has 0 saturated carbocycles. The predicted octanol–water partition coefficient (Wildman–Crippen LogP) is 4.31. The van der Waals surface area contributed by atoms with Gasteiger partial charge in [-0.25, -0.2) is 9.18 Å². The van der Waals surface area contributed by atoms with E-state index in [1.165, 1.54) is 12.1 Å². The van der Waals surface area contributed by atoms with Crippen molar-refractivity contribution in [2.75, 3.05) is 13.1 Å². The zero-order chi connectivity index (χ0) is 17.2. The molecule has 2 rings (SSSR count). The Morgan fingerprint density at radius 3 is 2.39 bits per heavy atom. The van der Waals surface area contributed by atoms with E-state index in [9.17, 15) is 14.0 Å². The van der Waals surface area contributed by atoms with E-state index in [4.69, 9.17) is 16.3 Å². The van der Waals surface area contributed by atoms with Gasteiger partial charge in [-0.2, -0.15) is 0 Å². The Labute approximate surface area is 140 Å². The van der Waals surface area contributed by atoms with Gasteiger partial charge in [-0.3, -0.25) is 4.79 Å². The molecule has 0 radical (unpaired) electrons. The third-order valence-electron chi connectivity index (χ3n) is 3.71. The van der Waals surface area contributed by atoms with Crippen LogP contribution in [0.2, 0.25) is 5.02 Å². The molecule has 1 aromatic rings. The topological polar surface area (TPSA) is 46.6 Å². The quantitative estimate of drug-likeness (QED) is 0.753. The molecule has 23 heavy (non-hydrogen) atoms. The Morgan fingerprint density at radius 1 is 1.26 bits per heavy atom. The minimum atomic E-state index is -0.536. The molecule has 0 aromatic heterocycles. The maximum Gasteiger partial charge on any atom is 0.410 e. The number of carbonyl (C=O) groups is 2. The average molecular weight is 342 g/mol. The number of benzene rings is 1. The number of nitrogens with zero attached hydrogens (tertiary/aromatic N) is 1. The summed E-state index contributed by atoms with van der Waals surface area (Å²) < 4.78 is 18.4. The smallest absolute Gasteiger partial charge is 0.410 e. The monoisotopic (exact) mass is 341 g/mol. The molecule has 6 heteroatoms. The number of rotatable bonds is 2. The van der Waals surface area contributed by atoms with Crippen LogP contribution >= 0.6 is 11.6 Å². The molecule has 1 aliphatic rings. The Morgan fingerprint density at radius 2 is 1.87 bits per heavy atom. The number of hydrogen-bond donors (Lipinski definition) is 0. The van der Waals surface area contributed by atoms with Crippen molar-refractivity contribution in [2.24, 2.45) is 5.92 Å². The van der Waals surface area contributed by atoms with Crippen molar-refractivity contribution in [1.29, 1.82) is 0 Å². The summed E-state index contributed by atoms with van der Waals surface area (Å²) in [5, 5.41) is 0.129. The van der Waals surface area contributed by atoms with Crippen LogP contribution in [-0.2, 0) is 4.74 Å². The van der Waals surface area contributed by atoms with E-state index in [-0.39, 0.29) is 22.8 Å². The molecule has 0 atom stereocenters. The highest BCUT2D eigenvalue weighted by Crippen LogP contribution is 2.27. The molecule has 1 aliphatic heterocycles. The minimum absolute atomic E-state index is 0.0983. The van der Waals surface area contributed by atoms with Crippen LogP contribution < -0.4 is 0 Å². The Balaban J connectivity index is 1.96. The zero-order valence-electron chi connectivity index (χ0n) is 13.6. The summed E-state index contributed by atoms with van der Waals surface area (Å²) >= 11 is 5.95. The van der Waals surface area contributed by atoms with E-state index < -0.39 is 11.4 Å². The molecule has 0 unspecified atom stereocenters.